The Hall–Kier alpha value is -2.58. The minimum absolute atomic E-state index is 0.180. The molecule has 1 aliphatic carbocycles. The third kappa shape index (κ3) is 3.07. The van der Waals surface area contributed by atoms with Crippen LogP contribution < -0.4 is 15.6 Å². The fraction of sp³-hybridized carbons (Fsp3) is 0.429. The Bertz CT molecular complexity index is 1080. The zero-order chi connectivity index (χ0) is 20.0. The van der Waals surface area contributed by atoms with Crippen LogP contribution in [0.3, 0.4) is 0 Å². The highest BCUT2D eigenvalue weighted by atomic mass is 32.1. The van der Waals surface area contributed by atoms with Gasteiger partial charge >= 0.3 is 5.97 Å². The van der Waals surface area contributed by atoms with Crippen molar-refractivity contribution in [1.82, 2.24) is 0 Å². The lowest BCUT2D eigenvalue weighted by Crippen LogP contribution is -2.40. The van der Waals surface area contributed by atoms with Gasteiger partial charge in [-0.1, -0.05) is 11.3 Å². The Labute approximate surface area is 172 Å². The molecule has 1 fully saturated rings. The number of anilines is 2. The van der Waals surface area contributed by atoms with E-state index in [1.165, 1.54) is 36.9 Å². The van der Waals surface area contributed by atoms with Crippen molar-refractivity contribution in [3.05, 3.63) is 29.0 Å². The third-order valence-corrected chi connectivity index (χ3v) is 6.91. The molecule has 8 heteroatoms. The number of thiophene rings is 1. The highest BCUT2D eigenvalue weighted by molar-refractivity contribution is 7.22. The van der Waals surface area contributed by atoms with Crippen molar-refractivity contribution >= 4 is 39.0 Å². The van der Waals surface area contributed by atoms with Crippen molar-refractivity contribution in [3.8, 4) is 10.6 Å². The number of fused-ring (bicyclic) bond motifs is 3. The number of nitrogens with two attached hydrogens (primary N) is 1. The fourth-order valence-corrected chi connectivity index (χ4v) is 5.48. The van der Waals surface area contributed by atoms with Gasteiger partial charge in [-0.2, -0.15) is 0 Å². The highest BCUT2D eigenvalue weighted by Gasteiger charge is 2.31. The molecular weight excluding hydrogens is 390 g/mol. The molecule has 2 aliphatic rings. The molecule has 0 aromatic carbocycles. The summed E-state index contributed by atoms with van der Waals surface area (Å²) >= 11 is 1.58. The standard InChI is InChI=1S/C21H23N3O4S/c1-26-21(25)15-7-6-14(28-15)18-17(22)16-12-4-2-3-5-13(12)19(23-20(16)29-18)24-8-10-27-11-9-24/h6-7H,2-5,8-11,22H2,1H3/p+1. The maximum Gasteiger partial charge on any atom is 0.373 e. The summed E-state index contributed by atoms with van der Waals surface area (Å²) in [6.07, 6.45) is 4.46. The normalized spacial score (nSPS) is 16.8. The third-order valence-electron chi connectivity index (χ3n) is 5.78. The van der Waals surface area contributed by atoms with Crippen LogP contribution >= 0.6 is 11.3 Å². The van der Waals surface area contributed by atoms with E-state index >= 15 is 0 Å². The molecular formula is C21H24N3O4S+. The Morgan fingerprint density at radius 2 is 1.97 bits per heavy atom. The van der Waals surface area contributed by atoms with Gasteiger partial charge in [0.2, 0.25) is 5.76 Å². The second-order valence-electron chi connectivity index (χ2n) is 7.44. The van der Waals surface area contributed by atoms with E-state index in [2.05, 4.69) is 9.88 Å². The first-order chi connectivity index (χ1) is 14.2. The second-order valence-corrected chi connectivity index (χ2v) is 8.46. The molecule has 0 radical (unpaired) electrons. The second kappa shape index (κ2) is 7.35. The smallest absolute Gasteiger partial charge is 0.373 e. The lowest BCUT2D eigenvalue weighted by atomic mass is 9.89. The predicted octanol–water partition coefficient (Wildman–Crippen LogP) is 3.06. The zero-order valence-corrected chi connectivity index (χ0v) is 17.2. The van der Waals surface area contributed by atoms with Crippen LogP contribution in [0.1, 0.15) is 34.5 Å². The van der Waals surface area contributed by atoms with Crippen molar-refractivity contribution < 1.29 is 23.7 Å². The molecule has 7 nitrogen and oxygen atoms in total. The van der Waals surface area contributed by atoms with Crippen LogP contribution in [0.25, 0.3) is 20.9 Å². The number of hydrogen-bond donors (Lipinski definition) is 1. The predicted molar refractivity (Wildman–Crippen MR) is 112 cm³/mol. The van der Waals surface area contributed by atoms with Gasteiger partial charge in [-0.25, -0.2) is 9.78 Å². The summed E-state index contributed by atoms with van der Waals surface area (Å²) in [5.41, 5.74) is 10.1. The molecule has 5 rings (SSSR count). The summed E-state index contributed by atoms with van der Waals surface area (Å²) < 4.78 is 16.0. The number of nitrogens with zero attached hydrogens (tertiary/aromatic N) is 1. The fourth-order valence-electron chi connectivity index (χ4n) is 4.37. The molecule has 0 atom stereocenters. The number of carbonyl (C=O) groups excluding carboxylic acids is 1. The van der Waals surface area contributed by atoms with Gasteiger partial charge in [-0.15, -0.1) is 0 Å². The minimum atomic E-state index is -0.491. The van der Waals surface area contributed by atoms with Crippen molar-refractivity contribution in [2.75, 3.05) is 44.0 Å². The van der Waals surface area contributed by atoms with E-state index in [1.807, 2.05) is 0 Å². The van der Waals surface area contributed by atoms with Gasteiger partial charge in [0.05, 0.1) is 36.3 Å². The minimum Gasteiger partial charge on any atom is -0.463 e. The van der Waals surface area contributed by atoms with Crippen LogP contribution in [0.2, 0.25) is 0 Å². The summed E-state index contributed by atoms with van der Waals surface area (Å²) in [4.78, 5) is 19.7. The number of aromatic amines is 1. The summed E-state index contributed by atoms with van der Waals surface area (Å²) in [5.74, 6) is 1.49. The Morgan fingerprint density at radius 1 is 1.21 bits per heavy atom. The molecule has 3 aromatic rings. The number of rotatable bonds is 3. The van der Waals surface area contributed by atoms with Crippen LogP contribution in [0, 0.1) is 0 Å². The molecule has 3 aromatic heterocycles. The number of aromatic nitrogens is 1. The van der Waals surface area contributed by atoms with E-state index in [1.54, 1.807) is 23.5 Å². The number of hydrogen-bond acceptors (Lipinski definition) is 7. The number of aryl methyl sites for hydroxylation is 1. The van der Waals surface area contributed by atoms with E-state index < -0.39 is 5.97 Å². The average molecular weight is 415 g/mol. The van der Waals surface area contributed by atoms with Gasteiger partial charge < -0.3 is 19.6 Å². The van der Waals surface area contributed by atoms with Crippen molar-refractivity contribution in [1.29, 1.82) is 0 Å². The number of H-pyrrole nitrogens is 1. The van der Waals surface area contributed by atoms with Crippen LogP contribution in [-0.2, 0) is 22.3 Å². The van der Waals surface area contributed by atoms with Crippen LogP contribution in [0.5, 0.6) is 0 Å². The highest BCUT2D eigenvalue weighted by Crippen LogP contribution is 2.44. The largest absolute Gasteiger partial charge is 0.463 e. The monoisotopic (exact) mass is 414 g/mol. The molecule has 0 amide bonds. The van der Waals surface area contributed by atoms with Gasteiger partial charge in [-0.05, 0) is 43.4 Å². The van der Waals surface area contributed by atoms with Gasteiger partial charge in [0.1, 0.15) is 18.8 Å². The molecule has 152 valence electrons. The van der Waals surface area contributed by atoms with E-state index in [0.717, 1.165) is 59.9 Å². The van der Waals surface area contributed by atoms with Gasteiger partial charge in [0, 0.05) is 5.56 Å². The number of furan rings is 1. The molecule has 0 bridgehead atoms. The number of pyridine rings is 1. The first kappa shape index (κ1) is 18.4. The first-order valence-corrected chi connectivity index (χ1v) is 10.8. The van der Waals surface area contributed by atoms with Gasteiger partial charge in [-0.3, -0.25) is 4.90 Å². The molecule has 1 aliphatic heterocycles. The average Bonchev–Trinajstić information content (AvgIpc) is 3.38. The maximum absolute atomic E-state index is 11.8. The summed E-state index contributed by atoms with van der Waals surface area (Å²) in [7, 11) is 1.34. The van der Waals surface area contributed by atoms with E-state index in [-0.39, 0.29) is 5.76 Å². The number of methoxy groups -OCH3 is 1. The number of morpholine rings is 1. The molecule has 1 saturated heterocycles. The first-order valence-electron chi connectivity index (χ1n) is 9.97. The molecule has 0 saturated carbocycles. The summed E-state index contributed by atoms with van der Waals surface area (Å²) in [6.45, 7) is 3.29. The van der Waals surface area contributed by atoms with Crippen molar-refractivity contribution in [2.24, 2.45) is 0 Å². The number of carbonyl (C=O) groups is 1. The van der Waals surface area contributed by atoms with E-state index in [9.17, 15) is 4.79 Å². The molecule has 29 heavy (non-hydrogen) atoms. The number of nitrogen functional groups attached to an aromatic ring is 1. The van der Waals surface area contributed by atoms with Crippen molar-refractivity contribution in [2.45, 2.75) is 25.7 Å². The quantitative estimate of drug-likeness (QED) is 0.662. The molecule has 3 N–H and O–H groups in total. The SMILES string of the molecule is COC(=O)c1ccc(-c2sc3[nH+]c(N4CCOCC4)c4c(c3c2N)CCCC4)o1. The van der Waals surface area contributed by atoms with Crippen LogP contribution in [0.15, 0.2) is 16.5 Å². The number of ether oxygens (including phenoxy) is 2. The molecule has 4 heterocycles. The van der Waals surface area contributed by atoms with Crippen LogP contribution in [-0.4, -0.2) is 39.4 Å². The zero-order valence-electron chi connectivity index (χ0n) is 16.4. The molecule has 0 spiro atoms. The Kier molecular flexibility index (Phi) is 4.67. The van der Waals surface area contributed by atoms with Gasteiger partial charge in [0.25, 0.3) is 5.82 Å². The van der Waals surface area contributed by atoms with Gasteiger partial charge in [0.15, 0.2) is 4.83 Å². The van der Waals surface area contributed by atoms with Crippen molar-refractivity contribution in [3.63, 3.8) is 0 Å². The lowest BCUT2D eigenvalue weighted by Gasteiger charge is -2.26. The molecule has 0 unspecified atom stereocenters. The number of nitrogens with one attached hydrogen (secondary N) is 1. The lowest BCUT2D eigenvalue weighted by molar-refractivity contribution is -0.328. The topological polar surface area (TPSA) is 92.1 Å². The van der Waals surface area contributed by atoms with E-state index in [0.29, 0.717) is 5.76 Å². The maximum atomic E-state index is 11.8. The Morgan fingerprint density at radius 3 is 2.72 bits per heavy atom. The number of esters is 1. The van der Waals surface area contributed by atoms with E-state index in [4.69, 9.17) is 19.6 Å². The summed E-state index contributed by atoms with van der Waals surface area (Å²) in [6, 6.07) is 3.41. The van der Waals surface area contributed by atoms with Crippen LogP contribution in [0.4, 0.5) is 11.5 Å². The summed E-state index contributed by atoms with van der Waals surface area (Å²) in [5, 5.41) is 1.10. The Balaban J connectivity index is 1.66.